The summed E-state index contributed by atoms with van der Waals surface area (Å²) in [5.74, 6) is -0.225. The number of carbonyl (C=O) groups is 1. The smallest absolute Gasteiger partial charge is 0.259 e. The highest BCUT2D eigenvalue weighted by molar-refractivity contribution is 6.31. The molecule has 2 aromatic rings. The molecule has 1 aromatic carbocycles. The van der Waals surface area contributed by atoms with Gasteiger partial charge in [0.25, 0.3) is 5.91 Å². The highest BCUT2D eigenvalue weighted by Gasteiger charge is 2.18. The summed E-state index contributed by atoms with van der Waals surface area (Å²) in [6.45, 7) is 3.65. The van der Waals surface area contributed by atoms with E-state index in [0.717, 1.165) is 5.69 Å². The molecule has 0 radical (unpaired) electrons. The first-order valence-corrected chi connectivity index (χ1v) is 6.14. The maximum absolute atomic E-state index is 12.3. The fourth-order valence-electron chi connectivity index (χ4n) is 1.93. The lowest BCUT2D eigenvalue weighted by Gasteiger charge is -2.08. The molecular formula is C13H15ClN4O. The van der Waals surface area contributed by atoms with Crippen molar-refractivity contribution in [1.82, 2.24) is 9.78 Å². The van der Waals surface area contributed by atoms with Crippen LogP contribution in [0.2, 0.25) is 5.02 Å². The molecule has 100 valence electrons. The van der Waals surface area contributed by atoms with Gasteiger partial charge in [-0.3, -0.25) is 9.48 Å². The molecule has 0 aliphatic rings. The monoisotopic (exact) mass is 278 g/mol. The summed E-state index contributed by atoms with van der Waals surface area (Å²) >= 11 is 5.82. The first kappa shape index (κ1) is 13.4. The van der Waals surface area contributed by atoms with E-state index in [1.807, 2.05) is 6.92 Å². The summed E-state index contributed by atoms with van der Waals surface area (Å²) in [7, 11) is 1.80. The zero-order valence-electron chi connectivity index (χ0n) is 11.0. The van der Waals surface area contributed by atoms with Crippen molar-refractivity contribution in [2.45, 2.75) is 13.8 Å². The van der Waals surface area contributed by atoms with Crippen LogP contribution in [0.5, 0.6) is 0 Å². The van der Waals surface area contributed by atoms with E-state index in [0.29, 0.717) is 27.7 Å². The van der Waals surface area contributed by atoms with Crippen molar-refractivity contribution >= 4 is 28.9 Å². The van der Waals surface area contributed by atoms with Crippen molar-refractivity contribution in [3.8, 4) is 0 Å². The molecule has 1 amide bonds. The minimum Gasteiger partial charge on any atom is -0.397 e. The molecule has 0 aliphatic carbocycles. The number of nitrogens with one attached hydrogen (secondary N) is 1. The number of hydrogen-bond donors (Lipinski definition) is 2. The number of halogens is 1. The molecule has 2 rings (SSSR count). The van der Waals surface area contributed by atoms with Crippen LogP contribution in [0.4, 0.5) is 11.4 Å². The molecule has 6 heteroatoms. The topological polar surface area (TPSA) is 72.9 Å². The molecule has 0 bridgehead atoms. The molecule has 0 aliphatic heterocycles. The Balaban J connectivity index is 2.31. The summed E-state index contributed by atoms with van der Waals surface area (Å²) < 4.78 is 1.68. The zero-order chi connectivity index (χ0) is 14.2. The zero-order valence-corrected chi connectivity index (χ0v) is 11.7. The van der Waals surface area contributed by atoms with Gasteiger partial charge in [-0.1, -0.05) is 11.6 Å². The van der Waals surface area contributed by atoms with E-state index < -0.39 is 0 Å². The van der Waals surface area contributed by atoms with Crippen LogP contribution in [-0.4, -0.2) is 15.7 Å². The molecule has 0 saturated heterocycles. The highest BCUT2D eigenvalue weighted by atomic mass is 35.5. The molecule has 0 spiro atoms. The number of aromatic nitrogens is 2. The summed E-state index contributed by atoms with van der Waals surface area (Å²) in [5.41, 5.74) is 8.84. The molecule has 0 saturated carbocycles. The maximum Gasteiger partial charge on any atom is 0.259 e. The SMILES string of the molecule is Cc1nn(C)c(C)c1C(=O)Nc1ccc(Cl)cc1N. The summed E-state index contributed by atoms with van der Waals surface area (Å²) in [6.07, 6.45) is 0. The van der Waals surface area contributed by atoms with Gasteiger partial charge in [0.2, 0.25) is 0 Å². The number of anilines is 2. The van der Waals surface area contributed by atoms with Crippen LogP contribution in [0, 0.1) is 13.8 Å². The van der Waals surface area contributed by atoms with Gasteiger partial charge in [0, 0.05) is 17.8 Å². The van der Waals surface area contributed by atoms with Gasteiger partial charge < -0.3 is 11.1 Å². The van der Waals surface area contributed by atoms with Crippen molar-refractivity contribution in [2.75, 3.05) is 11.1 Å². The summed E-state index contributed by atoms with van der Waals surface area (Å²) in [4.78, 5) is 12.3. The number of hydrogen-bond acceptors (Lipinski definition) is 3. The second-order valence-corrected chi connectivity index (χ2v) is 4.79. The fraction of sp³-hybridized carbons (Fsp3) is 0.231. The van der Waals surface area contributed by atoms with Crippen LogP contribution in [0.1, 0.15) is 21.7 Å². The standard InChI is InChI=1S/C13H15ClN4O/c1-7-12(8(2)18(3)17-7)13(19)16-11-5-4-9(14)6-10(11)15/h4-6H,15H2,1-3H3,(H,16,19). The lowest BCUT2D eigenvalue weighted by Crippen LogP contribution is -2.15. The summed E-state index contributed by atoms with van der Waals surface area (Å²) in [6, 6.07) is 4.95. The van der Waals surface area contributed by atoms with Gasteiger partial charge in [0.1, 0.15) is 0 Å². The van der Waals surface area contributed by atoms with E-state index >= 15 is 0 Å². The molecule has 3 N–H and O–H groups in total. The minimum atomic E-state index is -0.225. The van der Waals surface area contributed by atoms with Crippen molar-refractivity contribution in [3.05, 3.63) is 40.2 Å². The molecular weight excluding hydrogens is 264 g/mol. The second-order valence-electron chi connectivity index (χ2n) is 4.36. The molecule has 0 fully saturated rings. The Kier molecular flexibility index (Phi) is 3.48. The maximum atomic E-state index is 12.3. The number of carbonyl (C=O) groups excluding carboxylic acids is 1. The van der Waals surface area contributed by atoms with Crippen molar-refractivity contribution in [3.63, 3.8) is 0 Å². The third-order valence-corrected chi connectivity index (χ3v) is 3.23. The molecule has 0 unspecified atom stereocenters. The number of aryl methyl sites for hydroxylation is 2. The number of nitrogens with zero attached hydrogens (tertiary/aromatic N) is 2. The number of rotatable bonds is 2. The molecule has 19 heavy (non-hydrogen) atoms. The summed E-state index contributed by atoms with van der Waals surface area (Å²) in [5, 5.41) is 7.52. The van der Waals surface area contributed by atoms with Crippen molar-refractivity contribution in [1.29, 1.82) is 0 Å². The van der Waals surface area contributed by atoms with Crippen molar-refractivity contribution < 1.29 is 4.79 Å². The molecule has 0 atom stereocenters. The fourth-order valence-corrected chi connectivity index (χ4v) is 2.11. The second kappa shape index (κ2) is 4.93. The van der Waals surface area contributed by atoms with Gasteiger partial charge in [-0.25, -0.2) is 0 Å². The number of amides is 1. The Hall–Kier alpha value is -2.01. The average Bonchev–Trinajstić information content (AvgIpc) is 2.57. The van der Waals surface area contributed by atoms with Gasteiger partial charge in [-0.15, -0.1) is 0 Å². The Morgan fingerprint density at radius 2 is 2.11 bits per heavy atom. The molecule has 5 nitrogen and oxygen atoms in total. The van der Waals surface area contributed by atoms with Crippen LogP contribution in [-0.2, 0) is 7.05 Å². The van der Waals surface area contributed by atoms with Gasteiger partial charge in [-0.2, -0.15) is 5.10 Å². The van der Waals surface area contributed by atoms with Crippen LogP contribution in [0.15, 0.2) is 18.2 Å². The van der Waals surface area contributed by atoms with Gasteiger partial charge in [0.05, 0.1) is 22.6 Å². The first-order valence-electron chi connectivity index (χ1n) is 5.76. The predicted octanol–water partition coefficient (Wildman–Crippen LogP) is 2.52. The van der Waals surface area contributed by atoms with Crippen LogP contribution >= 0.6 is 11.6 Å². The van der Waals surface area contributed by atoms with E-state index in [4.69, 9.17) is 17.3 Å². The van der Waals surface area contributed by atoms with E-state index in [1.165, 1.54) is 0 Å². The number of nitrogen functional groups attached to an aromatic ring is 1. The lowest BCUT2D eigenvalue weighted by molar-refractivity contribution is 0.102. The highest BCUT2D eigenvalue weighted by Crippen LogP contribution is 2.24. The predicted molar refractivity (Wildman–Crippen MR) is 76.5 cm³/mol. The number of nitrogens with two attached hydrogens (primary N) is 1. The van der Waals surface area contributed by atoms with Crippen LogP contribution < -0.4 is 11.1 Å². The Bertz CT molecular complexity index is 648. The first-order chi connectivity index (χ1) is 8.90. The Labute approximate surface area is 116 Å². The molecule has 1 heterocycles. The minimum absolute atomic E-state index is 0.225. The van der Waals surface area contributed by atoms with E-state index in [-0.39, 0.29) is 5.91 Å². The van der Waals surface area contributed by atoms with Gasteiger partial charge >= 0.3 is 0 Å². The normalized spacial score (nSPS) is 10.5. The van der Waals surface area contributed by atoms with E-state index in [2.05, 4.69) is 10.4 Å². The van der Waals surface area contributed by atoms with Gasteiger partial charge in [0.15, 0.2) is 0 Å². The lowest BCUT2D eigenvalue weighted by atomic mass is 10.1. The van der Waals surface area contributed by atoms with Crippen LogP contribution in [0.3, 0.4) is 0 Å². The average molecular weight is 279 g/mol. The Morgan fingerprint density at radius 1 is 1.42 bits per heavy atom. The quantitative estimate of drug-likeness (QED) is 0.829. The largest absolute Gasteiger partial charge is 0.397 e. The van der Waals surface area contributed by atoms with E-state index in [1.54, 1.807) is 36.9 Å². The third-order valence-electron chi connectivity index (χ3n) is 3.00. The van der Waals surface area contributed by atoms with Crippen LogP contribution in [0.25, 0.3) is 0 Å². The number of benzene rings is 1. The Morgan fingerprint density at radius 3 is 2.63 bits per heavy atom. The molecule has 1 aromatic heterocycles. The van der Waals surface area contributed by atoms with Crippen molar-refractivity contribution in [2.24, 2.45) is 7.05 Å². The van der Waals surface area contributed by atoms with E-state index in [9.17, 15) is 4.79 Å². The van der Waals surface area contributed by atoms with Gasteiger partial charge in [-0.05, 0) is 32.0 Å². The third kappa shape index (κ3) is 2.56.